The molecular formula is C14H29NO3. The van der Waals surface area contributed by atoms with Crippen molar-refractivity contribution in [3.63, 3.8) is 0 Å². The van der Waals surface area contributed by atoms with Crippen LogP contribution in [-0.4, -0.2) is 61.7 Å². The Labute approximate surface area is 111 Å². The summed E-state index contributed by atoms with van der Waals surface area (Å²) in [5, 5.41) is 18.4. The molecule has 0 amide bonds. The fraction of sp³-hybridized carbons (Fsp3) is 1.00. The number of likely N-dealkylation sites (N-methyl/N-ethyl adjacent to an activating group) is 1. The molecule has 0 aliphatic heterocycles. The molecule has 1 rings (SSSR count). The molecule has 1 saturated carbocycles. The van der Waals surface area contributed by atoms with E-state index in [-0.39, 0.29) is 12.0 Å². The van der Waals surface area contributed by atoms with E-state index in [0.717, 1.165) is 25.9 Å². The number of ether oxygens (including phenoxy) is 1. The Bertz CT molecular complexity index is 203. The number of rotatable bonds is 8. The number of nitrogens with zero attached hydrogens (tertiary/aromatic N) is 1. The summed E-state index contributed by atoms with van der Waals surface area (Å²) in [5.41, 5.74) is 0.0994. The van der Waals surface area contributed by atoms with Gasteiger partial charge in [-0.15, -0.1) is 0 Å². The van der Waals surface area contributed by atoms with Gasteiger partial charge < -0.3 is 19.8 Å². The van der Waals surface area contributed by atoms with Crippen molar-refractivity contribution in [2.45, 2.75) is 38.5 Å². The van der Waals surface area contributed by atoms with Crippen LogP contribution in [0.3, 0.4) is 0 Å². The third-order valence-corrected chi connectivity index (χ3v) is 3.96. The fourth-order valence-corrected chi connectivity index (χ4v) is 2.88. The van der Waals surface area contributed by atoms with Crippen LogP contribution in [0.4, 0.5) is 0 Å². The van der Waals surface area contributed by atoms with E-state index in [1.54, 1.807) is 0 Å². The predicted molar refractivity (Wildman–Crippen MR) is 72.6 cm³/mol. The summed E-state index contributed by atoms with van der Waals surface area (Å²) in [6.07, 6.45) is 7.40. The number of hydrogen-bond donors (Lipinski definition) is 2. The first-order valence-corrected chi connectivity index (χ1v) is 7.20. The topological polar surface area (TPSA) is 52.9 Å². The Morgan fingerprint density at radius 2 is 1.72 bits per heavy atom. The van der Waals surface area contributed by atoms with E-state index in [9.17, 15) is 5.11 Å². The molecule has 0 atom stereocenters. The Balaban J connectivity index is 2.31. The minimum absolute atomic E-state index is 0.0876. The fourth-order valence-electron chi connectivity index (χ4n) is 2.88. The Morgan fingerprint density at radius 1 is 1.06 bits per heavy atom. The standard InChI is InChI=1S/C14H29NO3/c1-15(8-10-18-11-9-16)12-14(13-17)6-4-2-3-5-7-14/h16-17H,2-13H2,1H3. The van der Waals surface area contributed by atoms with Crippen LogP contribution in [0, 0.1) is 5.41 Å². The van der Waals surface area contributed by atoms with Gasteiger partial charge in [0.25, 0.3) is 0 Å². The molecular weight excluding hydrogens is 230 g/mol. The molecule has 0 aromatic heterocycles. The van der Waals surface area contributed by atoms with Crippen molar-refractivity contribution in [3.05, 3.63) is 0 Å². The lowest BCUT2D eigenvalue weighted by Gasteiger charge is -2.35. The van der Waals surface area contributed by atoms with Gasteiger partial charge in [0.05, 0.1) is 19.8 Å². The molecule has 0 unspecified atom stereocenters. The first kappa shape index (κ1) is 15.9. The van der Waals surface area contributed by atoms with Crippen molar-refractivity contribution >= 4 is 0 Å². The monoisotopic (exact) mass is 259 g/mol. The van der Waals surface area contributed by atoms with Gasteiger partial charge >= 0.3 is 0 Å². The Hall–Kier alpha value is -0.160. The number of hydrogen-bond acceptors (Lipinski definition) is 4. The second-order valence-electron chi connectivity index (χ2n) is 5.65. The van der Waals surface area contributed by atoms with Crippen LogP contribution in [0.5, 0.6) is 0 Å². The molecule has 108 valence electrons. The summed E-state index contributed by atoms with van der Waals surface area (Å²) in [4.78, 5) is 2.25. The van der Waals surface area contributed by atoms with Crippen LogP contribution in [0.25, 0.3) is 0 Å². The molecule has 1 aliphatic carbocycles. The van der Waals surface area contributed by atoms with Gasteiger partial charge in [-0.05, 0) is 19.9 Å². The van der Waals surface area contributed by atoms with Crippen LogP contribution in [0.1, 0.15) is 38.5 Å². The van der Waals surface area contributed by atoms with Gasteiger partial charge in [-0.25, -0.2) is 0 Å². The summed E-state index contributed by atoms with van der Waals surface area (Å²) in [6, 6.07) is 0. The molecule has 0 heterocycles. The molecule has 0 bridgehead atoms. The van der Waals surface area contributed by atoms with E-state index >= 15 is 0 Å². The Kier molecular flexibility index (Phi) is 7.82. The zero-order valence-corrected chi connectivity index (χ0v) is 11.7. The van der Waals surface area contributed by atoms with Gasteiger partial charge in [-0.3, -0.25) is 0 Å². The average Bonchev–Trinajstić information content (AvgIpc) is 2.61. The highest BCUT2D eigenvalue weighted by molar-refractivity contribution is 4.83. The van der Waals surface area contributed by atoms with Crippen LogP contribution >= 0.6 is 0 Å². The lowest BCUT2D eigenvalue weighted by atomic mass is 9.80. The smallest absolute Gasteiger partial charge is 0.0698 e. The number of aliphatic hydroxyl groups is 2. The largest absolute Gasteiger partial charge is 0.396 e. The van der Waals surface area contributed by atoms with E-state index in [1.807, 2.05) is 0 Å². The van der Waals surface area contributed by atoms with E-state index < -0.39 is 0 Å². The second-order valence-corrected chi connectivity index (χ2v) is 5.65. The number of aliphatic hydroxyl groups excluding tert-OH is 2. The molecule has 4 heteroatoms. The zero-order chi connectivity index (χ0) is 13.3. The molecule has 0 aromatic carbocycles. The first-order valence-electron chi connectivity index (χ1n) is 7.20. The maximum absolute atomic E-state index is 9.73. The van der Waals surface area contributed by atoms with Crippen molar-refractivity contribution in [2.75, 3.05) is 46.6 Å². The highest BCUT2D eigenvalue weighted by atomic mass is 16.5. The van der Waals surface area contributed by atoms with Gasteiger partial charge in [0.2, 0.25) is 0 Å². The summed E-state index contributed by atoms with van der Waals surface area (Å²) < 4.78 is 5.28. The van der Waals surface area contributed by atoms with Crippen LogP contribution in [0.15, 0.2) is 0 Å². The highest BCUT2D eigenvalue weighted by Gasteiger charge is 2.31. The summed E-state index contributed by atoms with van der Waals surface area (Å²) in [7, 11) is 2.09. The van der Waals surface area contributed by atoms with Gasteiger partial charge in [0, 0.05) is 25.1 Å². The molecule has 1 fully saturated rings. The molecule has 1 aliphatic rings. The molecule has 0 saturated heterocycles. The molecule has 0 spiro atoms. The van der Waals surface area contributed by atoms with Gasteiger partial charge in [0.15, 0.2) is 0 Å². The van der Waals surface area contributed by atoms with Gasteiger partial charge in [0.1, 0.15) is 0 Å². The van der Waals surface area contributed by atoms with E-state index in [4.69, 9.17) is 9.84 Å². The first-order chi connectivity index (χ1) is 8.72. The summed E-state index contributed by atoms with van der Waals surface area (Å²) in [6.45, 7) is 3.27. The minimum Gasteiger partial charge on any atom is -0.396 e. The van der Waals surface area contributed by atoms with Crippen molar-refractivity contribution in [1.29, 1.82) is 0 Å². The van der Waals surface area contributed by atoms with Gasteiger partial charge in [-0.2, -0.15) is 0 Å². The van der Waals surface area contributed by atoms with Crippen LogP contribution in [0.2, 0.25) is 0 Å². The molecule has 0 radical (unpaired) electrons. The molecule has 18 heavy (non-hydrogen) atoms. The van der Waals surface area contributed by atoms with Crippen molar-refractivity contribution < 1.29 is 14.9 Å². The van der Waals surface area contributed by atoms with E-state index in [2.05, 4.69) is 11.9 Å². The van der Waals surface area contributed by atoms with Crippen molar-refractivity contribution in [3.8, 4) is 0 Å². The Morgan fingerprint density at radius 3 is 2.28 bits per heavy atom. The quantitative estimate of drug-likeness (QED) is 0.509. The third-order valence-electron chi connectivity index (χ3n) is 3.96. The van der Waals surface area contributed by atoms with Crippen molar-refractivity contribution in [1.82, 2.24) is 4.90 Å². The predicted octanol–water partition coefficient (Wildman–Crippen LogP) is 1.26. The highest BCUT2D eigenvalue weighted by Crippen LogP contribution is 2.35. The summed E-state index contributed by atoms with van der Waals surface area (Å²) in [5.74, 6) is 0. The molecule has 0 aromatic rings. The second kappa shape index (κ2) is 8.86. The minimum atomic E-state index is 0.0876. The normalized spacial score (nSPS) is 20.0. The maximum Gasteiger partial charge on any atom is 0.0698 e. The third kappa shape index (κ3) is 5.65. The lowest BCUT2D eigenvalue weighted by Crippen LogP contribution is -2.39. The molecule has 2 N–H and O–H groups in total. The average molecular weight is 259 g/mol. The SMILES string of the molecule is CN(CCOCCO)CC1(CO)CCCCCC1. The maximum atomic E-state index is 9.73. The van der Waals surface area contributed by atoms with Crippen molar-refractivity contribution in [2.24, 2.45) is 5.41 Å². The van der Waals surface area contributed by atoms with E-state index in [0.29, 0.717) is 19.8 Å². The van der Waals surface area contributed by atoms with Crippen LogP contribution in [-0.2, 0) is 4.74 Å². The summed E-state index contributed by atoms with van der Waals surface area (Å²) >= 11 is 0. The van der Waals surface area contributed by atoms with Crippen LogP contribution < -0.4 is 0 Å². The molecule has 4 nitrogen and oxygen atoms in total. The van der Waals surface area contributed by atoms with E-state index in [1.165, 1.54) is 25.7 Å². The zero-order valence-electron chi connectivity index (χ0n) is 11.7. The lowest BCUT2D eigenvalue weighted by molar-refractivity contribution is 0.0434. The van der Waals surface area contributed by atoms with Gasteiger partial charge in [-0.1, -0.05) is 25.7 Å².